The molecule has 3 rings (SSSR count). The summed E-state index contributed by atoms with van der Waals surface area (Å²) in [6, 6.07) is 7.55. The monoisotopic (exact) mass is 349 g/mol. The molecule has 1 aromatic carbocycles. The van der Waals surface area contributed by atoms with Crippen molar-refractivity contribution in [1.29, 1.82) is 0 Å². The van der Waals surface area contributed by atoms with Crippen LogP contribution < -0.4 is 4.74 Å². The topological polar surface area (TPSA) is 68.2 Å². The summed E-state index contributed by atoms with van der Waals surface area (Å²) in [5.41, 5.74) is 0.869. The highest BCUT2D eigenvalue weighted by atomic mass is 16.5. The first-order valence-corrected chi connectivity index (χ1v) is 8.96. The van der Waals surface area contributed by atoms with E-state index in [-0.39, 0.29) is 24.5 Å². The maximum Gasteiger partial charge on any atom is 0.248 e. The van der Waals surface area contributed by atoms with Crippen molar-refractivity contribution >= 4 is 5.91 Å². The van der Waals surface area contributed by atoms with Gasteiger partial charge in [-0.05, 0) is 42.9 Å². The number of piperidine rings is 1. The minimum absolute atomic E-state index is 0.0289. The van der Waals surface area contributed by atoms with Crippen LogP contribution in [0, 0.1) is 5.92 Å². The molecule has 25 heavy (non-hydrogen) atoms. The lowest BCUT2D eigenvalue weighted by Crippen LogP contribution is -2.42. The summed E-state index contributed by atoms with van der Waals surface area (Å²) in [5, 5.41) is 10.6. The number of carbonyl (C=O) groups excluding carboxylic acids is 1. The highest BCUT2D eigenvalue weighted by molar-refractivity contribution is 5.77. The van der Waals surface area contributed by atoms with Gasteiger partial charge in [-0.1, -0.05) is 12.1 Å². The fourth-order valence-corrected chi connectivity index (χ4v) is 3.49. The zero-order valence-corrected chi connectivity index (χ0v) is 14.7. The van der Waals surface area contributed by atoms with Crippen LogP contribution in [0.25, 0.3) is 0 Å². The number of amides is 1. The van der Waals surface area contributed by atoms with E-state index in [4.69, 9.17) is 14.2 Å². The number of likely N-dealkylation sites (tertiary alicyclic amines) is 1. The molecule has 1 N–H and O–H groups in total. The molecule has 2 heterocycles. The van der Waals surface area contributed by atoms with Gasteiger partial charge in [0.1, 0.15) is 12.4 Å². The second-order valence-corrected chi connectivity index (χ2v) is 6.74. The van der Waals surface area contributed by atoms with Gasteiger partial charge in [-0.2, -0.15) is 0 Å². The predicted molar refractivity (Wildman–Crippen MR) is 92.4 cm³/mol. The summed E-state index contributed by atoms with van der Waals surface area (Å²) in [6.45, 7) is 2.75. The Kier molecular flexibility index (Phi) is 6.29. The molecule has 0 radical (unpaired) electrons. The predicted octanol–water partition coefficient (Wildman–Crippen LogP) is 1.77. The lowest BCUT2D eigenvalue weighted by Gasteiger charge is -2.34. The Morgan fingerprint density at radius 1 is 1.36 bits per heavy atom. The minimum Gasteiger partial charge on any atom is -0.497 e. The van der Waals surface area contributed by atoms with Gasteiger partial charge < -0.3 is 24.2 Å². The third-order valence-corrected chi connectivity index (χ3v) is 5.10. The number of hydrogen-bond acceptors (Lipinski definition) is 5. The van der Waals surface area contributed by atoms with Crippen LogP contribution >= 0.6 is 0 Å². The first-order chi connectivity index (χ1) is 12.2. The van der Waals surface area contributed by atoms with Crippen molar-refractivity contribution in [2.24, 2.45) is 5.92 Å². The number of rotatable bonds is 6. The number of hydrogen-bond donors (Lipinski definition) is 1. The van der Waals surface area contributed by atoms with Crippen LogP contribution in [-0.4, -0.2) is 62.0 Å². The first-order valence-electron chi connectivity index (χ1n) is 8.96. The zero-order chi connectivity index (χ0) is 17.6. The molecule has 6 nitrogen and oxygen atoms in total. The molecule has 1 unspecified atom stereocenters. The first kappa shape index (κ1) is 18.2. The normalized spacial score (nSPS) is 22.8. The van der Waals surface area contributed by atoms with Gasteiger partial charge in [-0.25, -0.2) is 0 Å². The number of benzene rings is 1. The van der Waals surface area contributed by atoms with Crippen molar-refractivity contribution in [3.8, 4) is 5.75 Å². The van der Waals surface area contributed by atoms with Gasteiger partial charge in [0.2, 0.25) is 5.91 Å². The number of aliphatic hydroxyl groups excluding tert-OH is 1. The van der Waals surface area contributed by atoms with Gasteiger partial charge in [-0.3, -0.25) is 4.79 Å². The summed E-state index contributed by atoms with van der Waals surface area (Å²) in [6.07, 6.45) is 1.96. The molecule has 138 valence electrons. The molecule has 2 saturated heterocycles. The Balaban J connectivity index is 1.46. The van der Waals surface area contributed by atoms with Gasteiger partial charge in [-0.15, -0.1) is 0 Å². The molecule has 6 heteroatoms. The summed E-state index contributed by atoms with van der Waals surface area (Å²) >= 11 is 0. The van der Waals surface area contributed by atoms with Crippen LogP contribution in [0.1, 0.15) is 30.9 Å². The maximum absolute atomic E-state index is 12.3. The third kappa shape index (κ3) is 4.71. The van der Waals surface area contributed by atoms with Crippen molar-refractivity contribution in [1.82, 2.24) is 4.90 Å². The molecule has 2 aliphatic rings. The maximum atomic E-state index is 12.3. The summed E-state index contributed by atoms with van der Waals surface area (Å²) < 4.78 is 16.1. The van der Waals surface area contributed by atoms with E-state index in [0.29, 0.717) is 26.3 Å². The van der Waals surface area contributed by atoms with Crippen molar-refractivity contribution in [2.75, 3.05) is 40.0 Å². The van der Waals surface area contributed by atoms with E-state index < -0.39 is 6.10 Å². The lowest BCUT2D eigenvalue weighted by molar-refractivity contribution is -0.140. The molecule has 0 spiro atoms. The van der Waals surface area contributed by atoms with Crippen LogP contribution in [0.3, 0.4) is 0 Å². The van der Waals surface area contributed by atoms with Gasteiger partial charge in [0.05, 0.1) is 25.9 Å². The zero-order valence-electron chi connectivity index (χ0n) is 14.7. The molecule has 2 fully saturated rings. The summed E-state index contributed by atoms with van der Waals surface area (Å²) in [5.74, 6) is 0.929. The van der Waals surface area contributed by atoms with Crippen molar-refractivity contribution in [3.63, 3.8) is 0 Å². The van der Waals surface area contributed by atoms with E-state index in [1.807, 2.05) is 29.2 Å². The van der Waals surface area contributed by atoms with Crippen LogP contribution in [-0.2, 0) is 14.3 Å². The Morgan fingerprint density at radius 2 is 2.16 bits per heavy atom. The van der Waals surface area contributed by atoms with Crippen LogP contribution in [0.4, 0.5) is 0 Å². The average molecular weight is 349 g/mol. The molecule has 2 atom stereocenters. The molecule has 0 bridgehead atoms. The fourth-order valence-electron chi connectivity index (χ4n) is 3.49. The Bertz CT molecular complexity index is 565. The number of methoxy groups -OCH3 is 1. The smallest absolute Gasteiger partial charge is 0.248 e. The van der Waals surface area contributed by atoms with Crippen molar-refractivity contribution < 1.29 is 24.1 Å². The van der Waals surface area contributed by atoms with E-state index in [2.05, 4.69) is 0 Å². The second-order valence-electron chi connectivity index (χ2n) is 6.74. The molecule has 0 aromatic heterocycles. The van der Waals surface area contributed by atoms with Gasteiger partial charge in [0.25, 0.3) is 0 Å². The Hall–Kier alpha value is -1.63. The second kappa shape index (κ2) is 8.65. The molecule has 0 saturated carbocycles. The fraction of sp³-hybridized carbons (Fsp3) is 0.632. The SMILES string of the molecule is COc1cccc(C(O)C2CCN(C(=O)CO[C@@H]3CCOC3)CC2)c1. The molecule has 1 aromatic rings. The molecule has 0 aliphatic carbocycles. The number of ether oxygens (including phenoxy) is 3. The minimum atomic E-state index is -0.528. The van der Waals surface area contributed by atoms with Crippen LogP contribution in [0.15, 0.2) is 24.3 Å². The van der Waals surface area contributed by atoms with Crippen LogP contribution in [0.5, 0.6) is 5.75 Å². The third-order valence-electron chi connectivity index (χ3n) is 5.10. The van der Waals surface area contributed by atoms with E-state index in [0.717, 1.165) is 30.6 Å². The number of aliphatic hydroxyl groups is 1. The Morgan fingerprint density at radius 3 is 2.84 bits per heavy atom. The summed E-state index contributed by atoms with van der Waals surface area (Å²) in [7, 11) is 1.62. The van der Waals surface area contributed by atoms with Gasteiger partial charge in [0.15, 0.2) is 0 Å². The molecule has 1 amide bonds. The molecule has 2 aliphatic heterocycles. The highest BCUT2D eigenvalue weighted by Gasteiger charge is 2.29. The molecular weight excluding hydrogens is 322 g/mol. The standard InChI is InChI=1S/C19H27NO5/c1-23-16-4-2-3-15(11-16)19(22)14-5-8-20(9-6-14)18(21)13-25-17-7-10-24-12-17/h2-4,11,14,17,19,22H,5-10,12-13H2,1H3/t17-,19?/m1/s1. The van der Waals surface area contributed by atoms with Crippen LogP contribution in [0.2, 0.25) is 0 Å². The number of nitrogens with zero attached hydrogens (tertiary/aromatic N) is 1. The Labute approximate surface area is 148 Å². The van der Waals surface area contributed by atoms with Gasteiger partial charge >= 0.3 is 0 Å². The quantitative estimate of drug-likeness (QED) is 0.848. The van der Waals surface area contributed by atoms with E-state index >= 15 is 0 Å². The van der Waals surface area contributed by atoms with Crippen molar-refractivity contribution in [3.05, 3.63) is 29.8 Å². The number of carbonyl (C=O) groups is 1. The summed E-state index contributed by atoms with van der Waals surface area (Å²) in [4.78, 5) is 14.1. The van der Waals surface area contributed by atoms with Gasteiger partial charge in [0, 0.05) is 19.7 Å². The lowest BCUT2D eigenvalue weighted by atomic mass is 9.87. The van der Waals surface area contributed by atoms with E-state index in [9.17, 15) is 9.90 Å². The van der Waals surface area contributed by atoms with E-state index in [1.165, 1.54) is 0 Å². The van der Waals surface area contributed by atoms with E-state index in [1.54, 1.807) is 7.11 Å². The van der Waals surface area contributed by atoms with Crippen molar-refractivity contribution in [2.45, 2.75) is 31.5 Å². The average Bonchev–Trinajstić information content (AvgIpc) is 3.19. The largest absolute Gasteiger partial charge is 0.497 e. The highest BCUT2D eigenvalue weighted by Crippen LogP contribution is 2.32. The molecular formula is C19H27NO5.